The molecule has 29 heavy (non-hydrogen) atoms. The van der Waals surface area contributed by atoms with Crippen LogP contribution in [0.3, 0.4) is 0 Å². The average molecular weight is 395 g/mol. The number of ether oxygens (including phenoxy) is 1. The van der Waals surface area contributed by atoms with Crippen LogP contribution in [0.4, 0.5) is 0 Å². The summed E-state index contributed by atoms with van der Waals surface area (Å²) in [5.74, 6) is 0.996. The maximum Gasteiger partial charge on any atom is 0.222 e. The molecule has 0 fully saturated rings. The minimum absolute atomic E-state index is 0.355. The lowest BCUT2D eigenvalue weighted by Gasteiger charge is -2.22. The van der Waals surface area contributed by atoms with Crippen molar-refractivity contribution in [1.82, 2.24) is 19.4 Å². The Bertz CT molecular complexity index is 1000. The van der Waals surface area contributed by atoms with Crippen LogP contribution >= 0.6 is 0 Å². The van der Waals surface area contributed by atoms with Crippen molar-refractivity contribution in [3.63, 3.8) is 0 Å². The highest BCUT2D eigenvalue weighted by atomic mass is 16.5. The van der Waals surface area contributed by atoms with Crippen molar-refractivity contribution in [3.8, 4) is 17.1 Å². The maximum atomic E-state index is 5.63. The minimum atomic E-state index is 0.355. The van der Waals surface area contributed by atoms with E-state index in [-0.39, 0.29) is 0 Å². The van der Waals surface area contributed by atoms with Gasteiger partial charge in [-0.3, -0.25) is 0 Å². The van der Waals surface area contributed by atoms with Crippen molar-refractivity contribution in [3.05, 3.63) is 41.2 Å². The van der Waals surface area contributed by atoms with E-state index in [0.717, 1.165) is 41.0 Å². The van der Waals surface area contributed by atoms with E-state index in [2.05, 4.69) is 82.6 Å². The SMILES string of the molecule is CC[C@H](CN(C)C)n1cc(C)c2nc(-c3ccc(C(C)C)nc3OC)c(C)cc21. The zero-order valence-electron chi connectivity index (χ0n) is 19.1. The molecular formula is C24H34N4O. The fourth-order valence-electron chi connectivity index (χ4n) is 3.95. The van der Waals surface area contributed by atoms with Gasteiger partial charge in [0.2, 0.25) is 5.88 Å². The Hall–Kier alpha value is -2.40. The molecule has 3 aromatic rings. The average Bonchev–Trinajstić information content (AvgIpc) is 3.00. The monoisotopic (exact) mass is 394 g/mol. The lowest BCUT2D eigenvalue weighted by molar-refractivity contribution is 0.321. The molecule has 0 saturated carbocycles. The van der Waals surface area contributed by atoms with Crippen LogP contribution in [0.2, 0.25) is 0 Å². The Balaban J connectivity index is 2.15. The Morgan fingerprint density at radius 1 is 1.10 bits per heavy atom. The van der Waals surface area contributed by atoms with Crippen LogP contribution in [0.15, 0.2) is 24.4 Å². The lowest BCUT2D eigenvalue weighted by Crippen LogP contribution is -2.23. The number of hydrogen-bond acceptors (Lipinski definition) is 4. The summed E-state index contributed by atoms with van der Waals surface area (Å²) in [5.41, 5.74) is 7.50. The molecule has 0 aliphatic heterocycles. The third-order valence-electron chi connectivity index (χ3n) is 5.54. The first-order valence-corrected chi connectivity index (χ1v) is 10.5. The first-order valence-electron chi connectivity index (χ1n) is 10.5. The molecule has 0 N–H and O–H groups in total. The van der Waals surface area contributed by atoms with Gasteiger partial charge in [0.25, 0.3) is 0 Å². The molecule has 0 saturated heterocycles. The van der Waals surface area contributed by atoms with Gasteiger partial charge in [-0.2, -0.15) is 0 Å². The van der Waals surface area contributed by atoms with E-state index in [1.807, 2.05) is 0 Å². The lowest BCUT2D eigenvalue weighted by atomic mass is 10.0. The quantitative estimate of drug-likeness (QED) is 0.541. The van der Waals surface area contributed by atoms with E-state index < -0.39 is 0 Å². The van der Waals surface area contributed by atoms with Gasteiger partial charge in [0.15, 0.2) is 0 Å². The molecule has 156 valence electrons. The number of fused-ring (bicyclic) bond motifs is 1. The van der Waals surface area contributed by atoms with Crippen molar-refractivity contribution >= 4 is 11.0 Å². The predicted molar refractivity (Wildman–Crippen MR) is 121 cm³/mol. The third kappa shape index (κ3) is 4.15. The highest BCUT2D eigenvalue weighted by Crippen LogP contribution is 2.34. The molecule has 0 amide bonds. The molecule has 1 atom stereocenters. The fraction of sp³-hybridized carbons (Fsp3) is 0.500. The van der Waals surface area contributed by atoms with Gasteiger partial charge >= 0.3 is 0 Å². The summed E-state index contributed by atoms with van der Waals surface area (Å²) < 4.78 is 8.03. The van der Waals surface area contributed by atoms with Gasteiger partial charge in [0.1, 0.15) is 0 Å². The van der Waals surface area contributed by atoms with E-state index in [4.69, 9.17) is 14.7 Å². The molecule has 5 heteroatoms. The number of methoxy groups -OCH3 is 1. The van der Waals surface area contributed by atoms with Crippen LogP contribution in [-0.2, 0) is 0 Å². The van der Waals surface area contributed by atoms with Crippen molar-refractivity contribution in [2.45, 2.75) is 53.0 Å². The van der Waals surface area contributed by atoms with Gasteiger partial charge in [-0.25, -0.2) is 9.97 Å². The fourth-order valence-corrected chi connectivity index (χ4v) is 3.95. The number of aromatic nitrogens is 3. The number of aryl methyl sites for hydroxylation is 2. The smallest absolute Gasteiger partial charge is 0.222 e. The van der Waals surface area contributed by atoms with E-state index in [0.29, 0.717) is 17.8 Å². The predicted octanol–water partition coefficient (Wildman–Crippen LogP) is 5.36. The standard InChI is InChI=1S/C24H34N4O/c1-9-18(14-27(6)7)28-13-17(5)23-21(28)12-16(4)22(26-23)19-10-11-20(15(2)3)25-24(19)29-8/h10-13,15,18H,9,14H2,1-8H3/t18-/m1/s1. The highest BCUT2D eigenvalue weighted by Gasteiger charge is 2.19. The molecular weight excluding hydrogens is 360 g/mol. The first kappa shape index (κ1) is 21.3. The molecule has 0 aliphatic carbocycles. The summed E-state index contributed by atoms with van der Waals surface area (Å²) in [6, 6.07) is 6.86. The number of likely N-dealkylation sites (N-methyl/N-ethyl adjacent to an activating group) is 1. The van der Waals surface area contributed by atoms with Crippen LogP contribution in [0.25, 0.3) is 22.3 Å². The summed E-state index contributed by atoms with van der Waals surface area (Å²) in [6.07, 6.45) is 3.33. The molecule has 0 bridgehead atoms. The summed E-state index contributed by atoms with van der Waals surface area (Å²) >= 11 is 0. The van der Waals surface area contributed by atoms with E-state index in [1.165, 1.54) is 11.1 Å². The van der Waals surface area contributed by atoms with Crippen LogP contribution in [0.1, 0.15) is 56.0 Å². The van der Waals surface area contributed by atoms with Gasteiger partial charge in [-0.1, -0.05) is 20.8 Å². The Kier molecular flexibility index (Phi) is 6.27. The molecule has 0 aliphatic rings. The molecule has 0 aromatic carbocycles. The second-order valence-corrected chi connectivity index (χ2v) is 8.51. The highest BCUT2D eigenvalue weighted by molar-refractivity contribution is 5.85. The second-order valence-electron chi connectivity index (χ2n) is 8.51. The van der Waals surface area contributed by atoms with Crippen molar-refractivity contribution in [1.29, 1.82) is 0 Å². The summed E-state index contributed by atoms with van der Waals surface area (Å²) in [7, 11) is 5.93. The third-order valence-corrected chi connectivity index (χ3v) is 5.54. The van der Waals surface area contributed by atoms with Gasteiger partial charge < -0.3 is 14.2 Å². The van der Waals surface area contributed by atoms with Crippen LogP contribution < -0.4 is 4.74 Å². The summed E-state index contributed by atoms with van der Waals surface area (Å²) in [6.45, 7) is 11.8. The number of rotatable bonds is 7. The normalized spacial score (nSPS) is 12.9. The zero-order valence-corrected chi connectivity index (χ0v) is 19.1. The second kappa shape index (κ2) is 8.54. The molecule has 3 heterocycles. The minimum Gasteiger partial charge on any atom is -0.480 e. The Morgan fingerprint density at radius 2 is 1.83 bits per heavy atom. The van der Waals surface area contributed by atoms with E-state index in [1.54, 1.807) is 7.11 Å². The number of pyridine rings is 2. The molecule has 0 radical (unpaired) electrons. The van der Waals surface area contributed by atoms with E-state index >= 15 is 0 Å². The first-order chi connectivity index (χ1) is 13.8. The molecule has 5 nitrogen and oxygen atoms in total. The van der Waals surface area contributed by atoms with Crippen LogP contribution in [0.5, 0.6) is 5.88 Å². The van der Waals surface area contributed by atoms with Gasteiger partial charge in [0, 0.05) is 24.5 Å². The largest absolute Gasteiger partial charge is 0.480 e. The van der Waals surface area contributed by atoms with Crippen LogP contribution in [0, 0.1) is 13.8 Å². The van der Waals surface area contributed by atoms with Gasteiger partial charge in [-0.05, 0) is 69.6 Å². The zero-order chi connectivity index (χ0) is 21.3. The molecule has 3 aromatic heterocycles. The number of hydrogen-bond donors (Lipinski definition) is 0. The van der Waals surface area contributed by atoms with Crippen molar-refractivity contribution in [2.75, 3.05) is 27.7 Å². The van der Waals surface area contributed by atoms with Gasteiger partial charge in [0.05, 0.1) is 29.4 Å². The Labute approximate surface area is 174 Å². The summed E-state index contributed by atoms with van der Waals surface area (Å²) in [4.78, 5) is 12.1. The summed E-state index contributed by atoms with van der Waals surface area (Å²) in [5, 5.41) is 0. The van der Waals surface area contributed by atoms with Crippen molar-refractivity contribution < 1.29 is 4.74 Å². The van der Waals surface area contributed by atoms with E-state index in [9.17, 15) is 0 Å². The molecule has 3 rings (SSSR count). The maximum absolute atomic E-state index is 5.63. The van der Waals surface area contributed by atoms with Crippen LogP contribution in [-0.4, -0.2) is 47.2 Å². The van der Waals surface area contributed by atoms with Gasteiger partial charge in [-0.15, -0.1) is 0 Å². The number of nitrogens with zero attached hydrogens (tertiary/aromatic N) is 4. The molecule has 0 spiro atoms. The topological polar surface area (TPSA) is 43.2 Å². The van der Waals surface area contributed by atoms with Crippen molar-refractivity contribution in [2.24, 2.45) is 0 Å². The molecule has 0 unspecified atom stereocenters. The Morgan fingerprint density at radius 3 is 2.41 bits per heavy atom.